The fraction of sp³-hybridized carbons (Fsp3) is 0.111. The number of benzene rings is 1. The van der Waals surface area contributed by atoms with Crippen LogP contribution in [-0.4, -0.2) is 12.6 Å². The van der Waals surface area contributed by atoms with Crippen molar-refractivity contribution in [2.75, 3.05) is 0 Å². The average Bonchev–Trinajstić information content (AvgIpc) is 2.18. The predicted octanol–water partition coefficient (Wildman–Crippen LogP) is 0.956. The molecule has 0 atom stereocenters. The first-order chi connectivity index (χ1) is 7.13. The molecule has 2 N–H and O–H groups in total. The number of carbonyl (C=O) groups excluding carboxylic acids is 2. The summed E-state index contributed by atoms with van der Waals surface area (Å²) < 4.78 is 21.9. The van der Waals surface area contributed by atoms with Crippen molar-refractivity contribution in [3.8, 4) is 5.75 Å². The number of carbonyl (C=O) groups is 2. The van der Waals surface area contributed by atoms with Crippen LogP contribution < -0.4 is 10.5 Å². The predicted molar refractivity (Wildman–Crippen MR) is 47.5 cm³/mol. The highest BCUT2D eigenvalue weighted by Gasteiger charge is 2.07. The van der Waals surface area contributed by atoms with Gasteiger partial charge < -0.3 is 15.2 Å². The Morgan fingerprint density at radius 2 is 2.27 bits per heavy atom. The minimum absolute atomic E-state index is 0.0444. The summed E-state index contributed by atoms with van der Waals surface area (Å²) in [5.41, 5.74) is 5.15. The van der Waals surface area contributed by atoms with Gasteiger partial charge in [-0.1, -0.05) is 6.07 Å². The third-order valence-corrected chi connectivity index (χ3v) is 1.52. The van der Waals surface area contributed by atoms with E-state index >= 15 is 0 Å². The summed E-state index contributed by atoms with van der Waals surface area (Å²) in [7, 11) is 0. The number of primary amides is 1. The Kier molecular flexibility index (Phi) is 3.61. The van der Waals surface area contributed by atoms with E-state index in [2.05, 4.69) is 9.47 Å². The fourth-order valence-corrected chi connectivity index (χ4v) is 0.956. The summed E-state index contributed by atoms with van der Waals surface area (Å²) in [5.74, 6) is -1.02. The highest BCUT2D eigenvalue weighted by molar-refractivity contribution is 5.68. The molecule has 0 fully saturated rings. The van der Waals surface area contributed by atoms with Crippen LogP contribution in [0.5, 0.6) is 5.75 Å². The van der Waals surface area contributed by atoms with Crippen LogP contribution >= 0.6 is 0 Å². The molecule has 1 aromatic carbocycles. The lowest BCUT2D eigenvalue weighted by molar-refractivity contribution is -0.129. The van der Waals surface area contributed by atoms with E-state index in [4.69, 9.17) is 5.73 Å². The van der Waals surface area contributed by atoms with Gasteiger partial charge in [0.05, 0.1) is 0 Å². The standard InChI is InChI=1S/C9H8FNO4/c10-7-3-6(4-14-5-12)1-2-8(7)15-9(11)13/h1-3,5H,4H2,(H2,11,13). The summed E-state index contributed by atoms with van der Waals surface area (Å²) in [4.78, 5) is 20.2. The maximum absolute atomic E-state index is 13.2. The van der Waals surface area contributed by atoms with E-state index in [1.807, 2.05) is 0 Å². The zero-order valence-electron chi connectivity index (χ0n) is 7.60. The highest BCUT2D eigenvalue weighted by atomic mass is 19.1. The molecule has 5 nitrogen and oxygen atoms in total. The molecule has 0 saturated carbocycles. The molecule has 0 saturated heterocycles. The van der Waals surface area contributed by atoms with Crippen molar-refractivity contribution in [3.63, 3.8) is 0 Å². The van der Waals surface area contributed by atoms with Gasteiger partial charge >= 0.3 is 6.09 Å². The second-order valence-corrected chi connectivity index (χ2v) is 2.59. The Morgan fingerprint density at radius 3 is 2.80 bits per heavy atom. The SMILES string of the molecule is NC(=O)Oc1ccc(COC=O)cc1F. The second kappa shape index (κ2) is 4.94. The van der Waals surface area contributed by atoms with Crippen LogP contribution in [0.1, 0.15) is 5.56 Å². The van der Waals surface area contributed by atoms with Gasteiger partial charge in [-0.2, -0.15) is 0 Å². The van der Waals surface area contributed by atoms with Gasteiger partial charge in [-0.3, -0.25) is 4.79 Å². The van der Waals surface area contributed by atoms with Crippen molar-refractivity contribution in [1.82, 2.24) is 0 Å². The Hall–Kier alpha value is -2.11. The summed E-state index contributed by atoms with van der Waals surface area (Å²) in [6.07, 6.45) is -1.09. The van der Waals surface area contributed by atoms with E-state index in [9.17, 15) is 14.0 Å². The molecule has 0 bridgehead atoms. The molecule has 1 aromatic rings. The third-order valence-electron chi connectivity index (χ3n) is 1.52. The Labute approximate surface area is 84.6 Å². The van der Waals surface area contributed by atoms with Crippen LogP contribution in [0.4, 0.5) is 9.18 Å². The lowest BCUT2D eigenvalue weighted by Gasteiger charge is -2.04. The van der Waals surface area contributed by atoms with Crippen LogP contribution in [0.25, 0.3) is 0 Å². The molecular weight excluding hydrogens is 205 g/mol. The Bertz CT molecular complexity index is 380. The lowest BCUT2D eigenvalue weighted by Crippen LogP contribution is -2.17. The fourth-order valence-electron chi connectivity index (χ4n) is 0.956. The molecule has 0 aliphatic carbocycles. The van der Waals surface area contributed by atoms with Crippen molar-refractivity contribution in [3.05, 3.63) is 29.6 Å². The van der Waals surface area contributed by atoms with Crippen molar-refractivity contribution < 1.29 is 23.5 Å². The quantitative estimate of drug-likeness (QED) is 0.755. The van der Waals surface area contributed by atoms with Gasteiger partial charge in [-0.25, -0.2) is 9.18 Å². The van der Waals surface area contributed by atoms with Crippen molar-refractivity contribution in [1.29, 1.82) is 0 Å². The molecule has 6 heteroatoms. The van der Waals surface area contributed by atoms with Gasteiger partial charge in [-0.05, 0) is 17.7 Å². The van der Waals surface area contributed by atoms with Gasteiger partial charge in [-0.15, -0.1) is 0 Å². The number of nitrogens with two attached hydrogens (primary N) is 1. The Balaban J connectivity index is 2.78. The molecular formula is C9H8FNO4. The topological polar surface area (TPSA) is 78.6 Å². The van der Waals surface area contributed by atoms with Gasteiger partial charge in [0.25, 0.3) is 6.47 Å². The van der Waals surface area contributed by atoms with Crippen LogP contribution in [0.3, 0.4) is 0 Å². The average molecular weight is 213 g/mol. The lowest BCUT2D eigenvalue weighted by atomic mass is 10.2. The third kappa shape index (κ3) is 3.26. The first kappa shape index (κ1) is 11.0. The van der Waals surface area contributed by atoms with Crippen LogP contribution in [0, 0.1) is 5.82 Å². The summed E-state index contributed by atoms with van der Waals surface area (Å²) >= 11 is 0. The summed E-state index contributed by atoms with van der Waals surface area (Å²) in [6, 6.07) is 3.76. The van der Waals surface area contributed by atoms with Crippen molar-refractivity contribution in [2.24, 2.45) is 5.73 Å². The Morgan fingerprint density at radius 1 is 1.53 bits per heavy atom. The van der Waals surface area contributed by atoms with E-state index in [1.54, 1.807) is 0 Å². The number of hydrogen-bond donors (Lipinski definition) is 1. The molecule has 0 aliphatic rings. The minimum atomic E-state index is -1.09. The molecule has 0 radical (unpaired) electrons. The molecule has 0 aromatic heterocycles. The van der Waals surface area contributed by atoms with E-state index in [0.29, 0.717) is 5.56 Å². The molecule has 0 unspecified atom stereocenters. The first-order valence-electron chi connectivity index (χ1n) is 3.94. The van der Waals surface area contributed by atoms with E-state index in [-0.39, 0.29) is 18.8 Å². The number of rotatable bonds is 4. The van der Waals surface area contributed by atoms with Gasteiger partial charge in [0.15, 0.2) is 11.6 Å². The van der Waals surface area contributed by atoms with Gasteiger partial charge in [0.2, 0.25) is 0 Å². The van der Waals surface area contributed by atoms with Crippen molar-refractivity contribution >= 4 is 12.6 Å². The molecule has 0 aliphatic heterocycles. The minimum Gasteiger partial charge on any atom is -0.463 e. The van der Waals surface area contributed by atoms with Crippen LogP contribution in [0.15, 0.2) is 18.2 Å². The number of ether oxygens (including phenoxy) is 2. The summed E-state index contributed by atoms with van der Waals surface area (Å²) in [5, 5.41) is 0. The van der Waals surface area contributed by atoms with E-state index < -0.39 is 11.9 Å². The highest BCUT2D eigenvalue weighted by Crippen LogP contribution is 2.18. The molecule has 1 rings (SSSR count). The zero-order chi connectivity index (χ0) is 11.3. The van der Waals surface area contributed by atoms with Crippen LogP contribution in [-0.2, 0) is 16.1 Å². The maximum atomic E-state index is 13.2. The van der Waals surface area contributed by atoms with E-state index in [1.165, 1.54) is 12.1 Å². The second-order valence-electron chi connectivity index (χ2n) is 2.59. The number of hydrogen-bond acceptors (Lipinski definition) is 4. The zero-order valence-corrected chi connectivity index (χ0v) is 7.60. The molecule has 80 valence electrons. The summed E-state index contributed by atoms with van der Waals surface area (Å²) in [6.45, 7) is 0.211. The first-order valence-corrected chi connectivity index (χ1v) is 3.94. The largest absolute Gasteiger partial charge is 0.463 e. The molecule has 1 amide bonds. The van der Waals surface area contributed by atoms with Crippen LogP contribution in [0.2, 0.25) is 0 Å². The number of halogens is 1. The van der Waals surface area contributed by atoms with Gasteiger partial charge in [0, 0.05) is 0 Å². The molecule has 0 spiro atoms. The maximum Gasteiger partial charge on any atom is 0.410 e. The number of amides is 1. The normalized spacial score (nSPS) is 9.40. The van der Waals surface area contributed by atoms with E-state index in [0.717, 1.165) is 6.07 Å². The smallest absolute Gasteiger partial charge is 0.410 e. The van der Waals surface area contributed by atoms with Gasteiger partial charge in [0.1, 0.15) is 6.61 Å². The molecule has 0 heterocycles. The van der Waals surface area contributed by atoms with Crippen molar-refractivity contribution in [2.45, 2.75) is 6.61 Å². The monoisotopic (exact) mass is 213 g/mol. The molecule has 15 heavy (non-hydrogen) atoms.